The van der Waals surface area contributed by atoms with Crippen LogP contribution in [0.25, 0.3) is 0 Å². The Hall–Kier alpha value is -2.28. The zero-order valence-corrected chi connectivity index (χ0v) is 15.2. The highest BCUT2D eigenvalue weighted by Crippen LogP contribution is 2.27. The molecule has 1 aromatic carbocycles. The SMILES string of the molecule is CC(OC(=O)C1CCCC1)[C@@H](C)OC(=O)[C@@H](N)Cc1ccc(O)c(O)c1. The second-order valence-corrected chi connectivity index (χ2v) is 6.90. The fraction of sp³-hybridized carbons (Fsp3) is 0.579. The molecule has 0 aromatic heterocycles. The third-order valence-corrected chi connectivity index (χ3v) is 4.75. The summed E-state index contributed by atoms with van der Waals surface area (Å²) in [4.78, 5) is 24.2. The van der Waals surface area contributed by atoms with Crippen molar-refractivity contribution in [3.63, 3.8) is 0 Å². The van der Waals surface area contributed by atoms with Crippen molar-refractivity contribution < 1.29 is 29.3 Å². The van der Waals surface area contributed by atoms with Crippen molar-refractivity contribution in [3.05, 3.63) is 23.8 Å². The number of carbonyl (C=O) groups is 2. The summed E-state index contributed by atoms with van der Waals surface area (Å²) in [6.07, 6.45) is 2.76. The molecule has 1 aliphatic carbocycles. The van der Waals surface area contributed by atoms with E-state index in [0.717, 1.165) is 25.7 Å². The summed E-state index contributed by atoms with van der Waals surface area (Å²) in [6.45, 7) is 3.35. The monoisotopic (exact) mass is 365 g/mol. The molecule has 0 radical (unpaired) electrons. The van der Waals surface area contributed by atoms with E-state index in [-0.39, 0.29) is 29.8 Å². The van der Waals surface area contributed by atoms with E-state index in [1.165, 1.54) is 12.1 Å². The standard InChI is InChI=1S/C19H27NO6/c1-11(25-18(23)14-5-3-4-6-14)12(2)26-19(24)15(20)9-13-7-8-16(21)17(22)10-13/h7-8,10-12,14-15,21-22H,3-6,9,20H2,1-2H3/t11?,12-,15+/m1/s1. The van der Waals surface area contributed by atoms with E-state index in [4.69, 9.17) is 15.2 Å². The fourth-order valence-corrected chi connectivity index (χ4v) is 2.94. The highest BCUT2D eigenvalue weighted by molar-refractivity contribution is 5.76. The second-order valence-electron chi connectivity index (χ2n) is 6.90. The summed E-state index contributed by atoms with van der Waals surface area (Å²) >= 11 is 0. The van der Waals surface area contributed by atoms with Crippen molar-refractivity contribution in [2.75, 3.05) is 0 Å². The molecule has 1 aliphatic rings. The molecule has 1 unspecified atom stereocenters. The quantitative estimate of drug-likeness (QED) is 0.499. The van der Waals surface area contributed by atoms with Gasteiger partial charge in [-0.15, -0.1) is 0 Å². The Balaban J connectivity index is 1.82. The van der Waals surface area contributed by atoms with E-state index < -0.39 is 24.2 Å². The summed E-state index contributed by atoms with van der Waals surface area (Å²) in [5, 5.41) is 18.8. The van der Waals surface area contributed by atoms with E-state index >= 15 is 0 Å². The van der Waals surface area contributed by atoms with Crippen LogP contribution in [0.5, 0.6) is 11.5 Å². The molecule has 0 saturated heterocycles. The van der Waals surface area contributed by atoms with Crippen molar-refractivity contribution in [3.8, 4) is 11.5 Å². The van der Waals surface area contributed by atoms with Crippen LogP contribution < -0.4 is 5.73 Å². The lowest BCUT2D eigenvalue weighted by atomic mass is 10.1. The lowest BCUT2D eigenvalue weighted by Gasteiger charge is -2.23. The van der Waals surface area contributed by atoms with Crippen LogP contribution in [0.4, 0.5) is 0 Å². The zero-order valence-electron chi connectivity index (χ0n) is 15.2. The maximum Gasteiger partial charge on any atom is 0.323 e. The Morgan fingerprint density at radius 3 is 2.35 bits per heavy atom. The van der Waals surface area contributed by atoms with Crippen molar-refractivity contribution in [1.82, 2.24) is 0 Å². The summed E-state index contributed by atoms with van der Waals surface area (Å²) < 4.78 is 10.7. The lowest BCUT2D eigenvalue weighted by Crippen LogP contribution is -2.40. The van der Waals surface area contributed by atoms with Gasteiger partial charge in [-0.05, 0) is 50.8 Å². The molecule has 1 fully saturated rings. The van der Waals surface area contributed by atoms with Crippen LogP contribution in [0.1, 0.15) is 45.1 Å². The molecular weight excluding hydrogens is 338 g/mol. The topological polar surface area (TPSA) is 119 Å². The third kappa shape index (κ3) is 5.36. The molecule has 1 saturated carbocycles. The van der Waals surface area contributed by atoms with Crippen LogP contribution in [0, 0.1) is 5.92 Å². The van der Waals surface area contributed by atoms with Crippen LogP contribution in [0.15, 0.2) is 18.2 Å². The summed E-state index contributed by atoms with van der Waals surface area (Å²) in [5.74, 6) is -1.42. The number of hydrogen-bond acceptors (Lipinski definition) is 7. The first-order valence-corrected chi connectivity index (χ1v) is 8.95. The number of carbonyl (C=O) groups excluding carboxylic acids is 2. The zero-order chi connectivity index (χ0) is 19.3. The summed E-state index contributed by atoms with van der Waals surface area (Å²) in [7, 11) is 0. The highest BCUT2D eigenvalue weighted by Gasteiger charge is 2.29. The Kier molecular flexibility index (Phi) is 6.85. The van der Waals surface area contributed by atoms with Gasteiger partial charge in [-0.25, -0.2) is 0 Å². The third-order valence-electron chi connectivity index (χ3n) is 4.75. The molecule has 3 atom stereocenters. The molecule has 144 valence electrons. The molecule has 0 spiro atoms. The van der Waals surface area contributed by atoms with Gasteiger partial charge in [-0.1, -0.05) is 18.9 Å². The van der Waals surface area contributed by atoms with E-state index in [9.17, 15) is 19.8 Å². The van der Waals surface area contributed by atoms with Crippen molar-refractivity contribution in [2.24, 2.45) is 11.7 Å². The number of phenolic OH excluding ortho intramolecular Hbond substituents is 2. The summed E-state index contributed by atoms with van der Waals surface area (Å²) in [6, 6.07) is 3.31. The average Bonchev–Trinajstić information content (AvgIpc) is 3.12. The number of phenols is 2. The molecule has 7 heteroatoms. The average molecular weight is 365 g/mol. The van der Waals surface area contributed by atoms with Gasteiger partial charge in [0, 0.05) is 0 Å². The Labute approximate surface area is 153 Å². The van der Waals surface area contributed by atoms with Gasteiger partial charge in [0.2, 0.25) is 0 Å². The minimum absolute atomic E-state index is 0.0511. The van der Waals surface area contributed by atoms with Gasteiger partial charge in [0.15, 0.2) is 11.5 Å². The maximum absolute atomic E-state index is 12.2. The smallest absolute Gasteiger partial charge is 0.323 e. The van der Waals surface area contributed by atoms with Crippen LogP contribution in [0.2, 0.25) is 0 Å². The molecule has 4 N–H and O–H groups in total. The number of hydrogen-bond donors (Lipinski definition) is 3. The van der Waals surface area contributed by atoms with E-state index in [1.807, 2.05) is 0 Å². The molecule has 2 rings (SSSR count). The minimum Gasteiger partial charge on any atom is -0.504 e. The molecule has 0 amide bonds. The van der Waals surface area contributed by atoms with E-state index in [2.05, 4.69) is 0 Å². The number of ether oxygens (including phenoxy) is 2. The summed E-state index contributed by atoms with van der Waals surface area (Å²) in [5.41, 5.74) is 6.46. The van der Waals surface area contributed by atoms with Crippen LogP contribution in [0.3, 0.4) is 0 Å². The Morgan fingerprint density at radius 2 is 1.73 bits per heavy atom. The van der Waals surface area contributed by atoms with E-state index in [0.29, 0.717) is 5.56 Å². The molecule has 0 aliphatic heterocycles. The first kappa shape index (κ1) is 20.0. The van der Waals surface area contributed by atoms with Crippen LogP contribution in [-0.2, 0) is 25.5 Å². The minimum atomic E-state index is -0.931. The Bertz CT molecular complexity index is 641. The molecule has 7 nitrogen and oxygen atoms in total. The molecule has 0 bridgehead atoms. The predicted molar refractivity (Wildman–Crippen MR) is 94.5 cm³/mol. The number of esters is 2. The first-order chi connectivity index (χ1) is 12.3. The fourth-order valence-electron chi connectivity index (χ4n) is 2.94. The van der Waals surface area contributed by atoms with Gasteiger partial charge in [0.25, 0.3) is 0 Å². The lowest BCUT2D eigenvalue weighted by molar-refractivity contribution is -0.168. The maximum atomic E-state index is 12.2. The molecular formula is C19H27NO6. The van der Waals surface area contributed by atoms with E-state index in [1.54, 1.807) is 19.9 Å². The molecule has 26 heavy (non-hydrogen) atoms. The van der Waals surface area contributed by atoms with Gasteiger partial charge in [-0.2, -0.15) is 0 Å². The van der Waals surface area contributed by atoms with Gasteiger partial charge >= 0.3 is 11.9 Å². The van der Waals surface area contributed by atoms with Gasteiger partial charge in [0.05, 0.1) is 5.92 Å². The molecule has 1 aromatic rings. The van der Waals surface area contributed by atoms with Gasteiger partial charge in [-0.3, -0.25) is 9.59 Å². The first-order valence-electron chi connectivity index (χ1n) is 8.95. The number of benzene rings is 1. The van der Waals surface area contributed by atoms with Crippen molar-refractivity contribution >= 4 is 11.9 Å². The van der Waals surface area contributed by atoms with Gasteiger partial charge in [0.1, 0.15) is 18.2 Å². The van der Waals surface area contributed by atoms with Crippen LogP contribution in [-0.4, -0.2) is 40.4 Å². The normalized spacial score (nSPS) is 18.1. The Morgan fingerprint density at radius 1 is 1.12 bits per heavy atom. The molecule has 0 heterocycles. The number of nitrogens with two attached hydrogens (primary N) is 1. The largest absolute Gasteiger partial charge is 0.504 e. The second kappa shape index (κ2) is 8.89. The van der Waals surface area contributed by atoms with Gasteiger partial charge < -0.3 is 25.4 Å². The predicted octanol–water partition coefficient (Wildman–Crippen LogP) is 2.02. The van der Waals surface area contributed by atoms with Crippen molar-refractivity contribution in [1.29, 1.82) is 0 Å². The number of rotatable bonds is 7. The van der Waals surface area contributed by atoms with Crippen LogP contribution >= 0.6 is 0 Å². The highest BCUT2D eigenvalue weighted by atomic mass is 16.6. The van der Waals surface area contributed by atoms with Crippen molar-refractivity contribution in [2.45, 2.75) is 64.2 Å². The number of aromatic hydroxyl groups is 2.